The Labute approximate surface area is 207 Å². The molecule has 0 aliphatic heterocycles. The Kier molecular flexibility index (Phi) is 6.29. The molecule has 4 aromatic carbocycles. The van der Waals surface area contributed by atoms with Gasteiger partial charge in [-0.1, -0.05) is 68.4 Å². The number of aromatic nitrogens is 1. The number of fused-ring (bicyclic) bond motifs is 2. The Morgan fingerprint density at radius 2 is 1.66 bits per heavy atom. The van der Waals surface area contributed by atoms with Crippen molar-refractivity contribution >= 4 is 49.9 Å². The summed E-state index contributed by atoms with van der Waals surface area (Å²) in [7, 11) is 0. The number of carbonyl (C=O) groups is 2. The van der Waals surface area contributed by atoms with Crippen LogP contribution in [0.2, 0.25) is 0 Å². The van der Waals surface area contributed by atoms with E-state index in [4.69, 9.17) is 9.72 Å². The van der Waals surface area contributed by atoms with Crippen LogP contribution in [0.25, 0.3) is 31.6 Å². The van der Waals surface area contributed by atoms with Crippen molar-refractivity contribution in [1.82, 2.24) is 4.98 Å². The lowest BCUT2D eigenvalue weighted by Crippen LogP contribution is -2.21. The fourth-order valence-corrected chi connectivity index (χ4v) is 5.03. The Morgan fingerprint density at radius 3 is 2.40 bits per heavy atom. The van der Waals surface area contributed by atoms with E-state index in [0.29, 0.717) is 17.2 Å². The third-order valence-corrected chi connectivity index (χ3v) is 6.91. The minimum Gasteiger partial charge on any atom is -0.452 e. The number of hydrogen-bond acceptors (Lipinski definition) is 5. The van der Waals surface area contributed by atoms with E-state index >= 15 is 0 Å². The average Bonchev–Trinajstić information content (AvgIpc) is 3.31. The van der Waals surface area contributed by atoms with E-state index in [2.05, 4.69) is 19.2 Å². The maximum atomic E-state index is 13.1. The van der Waals surface area contributed by atoms with Gasteiger partial charge in [0, 0.05) is 16.6 Å². The summed E-state index contributed by atoms with van der Waals surface area (Å²) in [6, 6.07) is 27.0. The zero-order valence-corrected chi connectivity index (χ0v) is 20.3. The van der Waals surface area contributed by atoms with Gasteiger partial charge in [0.25, 0.3) is 5.91 Å². The van der Waals surface area contributed by atoms with Gasteiger partial charge in [-0.05, 0) is 47.2 Å². The number of anilines is 1. The molecule has 0 unspecified atom stereocenters. The molecule has 35 heavy (non-hydrogen) atoms. The van der Waals surface area contributed by atoms with E-state index in [0.717, 1.165) is 31.6 Å². The van der Waals surface area contributed by atoms with Crippen LogP contribution in [0.3, 0.4) is 0 Å². The quantitative estimate of drug-likeness (QED) is 0.265. The summed E-state index contributed by atoms with van der Waals surface area (Å²) in [4.78, 5) is 30.3. The third-order valence-electron chi connectivity index (χ3n) is 5.84. The summed E-state index contributed by atoms with van der Waals surface area (Å²) in [5.41, 5.74) is 4.05. The monoisotopic (exact) mass is 480 g/mol. The van der Waals surface area contributed by atoms with Crippen LogP contribution in [0.15, 0.2) is 84.9 Å². The molecule has 0 fully saturated rings. The summed E-state index contributed by atoms with van der Waals surface area (Å²) in [6.07, 6.45) is 0. The number of amides is 1. The average molecular weight is 481 g/mol. The molecule has 0 saturated heterocycles. The maximum absolute atomic E-state index is 13.1. The van der Waals surface area contributed by atoms with E-state index in [9.17, 15) is 9.59 Å². The molecule has 0 spiro atoms. The van der Waals surface area contributed by atoms with Crippen molar-refractivity contribution in [2.45, 2.75) is 19.8 Å². The zero-order chi connectivity index (χ0) is 24.4. The van der Waals surface area contributed by atoms with Gasteiger partial charge in [0.15, 0.2) is 6.61 Å². The molecule has 6 heteroatoms. The molecule has 0 atom stereocenters. The van der Waals surface area contributed by atoms with Gasteiger partial charge in [-0.3, -0.25) is 4.79 Å². The predicted molar refractivity (Wildman–Crippen MR) is 142 cm³/mol. The van der Waals surface area contributed by atoms with Gasteiger partial charge in [-0.25, -0.2) is 9.78 Å². The minimum absolute atomic E-state index is 0.371. The van der Waals surface area contributed by atoms with Crippen molar-refractivity contribution in [2.75, 3.05) is 11.9 Å². The second kappa shape index (κ2) is 9.68. The SMILES string of the molecule is CC(C)c1ccc(NC(=O)COC(=O)c2cccc3cccc(-c4nc5ccccc5s4)c23)cc1. The van der Waals surface area contributed by atoms with Gasteiger partial charge in [-0.2, -0.15) is 0 Å². The molecule has 0 bridgehead atoms. The van der Waals surface area contributed by atoms with Crippen molar-refractivity contribution in [3.8, 4) is 10.6 Å². The number of hydrogen-bond donors (Lipinski definition) is 1. The molecule has 1 aromatic heterocycles. The fourth-order valence-electron chi connectivity index (χ4n) is 4.03. The number of nitrogens with zero attached hydrogens (tertiary/aromatic N) is 1. The molecule has 0 aliphatic rings. The minimum atomic E-state index is -0.547. The third kappa shape index (κ3) is 4.79. The molecular weight excluding hydrogens is 456 g/mol. The van der Waals surface area contributed by atoms with Crippen molar-refractivity contribution in [3.05, 3.63) is 96.1 Å². The number of para-hydroxylation sites is 1. The molecular formula is C29H24N2O3S. The summed E-state index contributed by atoms with van der Waals surface area (Å²) in [6.45, 7) is 3.86. The van der Waals surface area contributed by atoms with E-state index in [-0.39, 0.29) is 12.5 Å². The Balaban J connectivity index is 1.37. The highest BCUT2D eigenvalue weighted by molar-refractivity contribution is 7.21. The molecule has 0 radical (unpaired) electrons. The number of rotatable bonds is 6. The molecule has 0 aliphatic carbocycles. The number of carbonyl (C=O) groups excluding carboxylic acids is 2. The van der Waals surface area contributed by atoms with Gasteiger partial charge in [0.2, 0.25) is 0 Å². The van der Waals surface area contributed by atoms with Crippen molar-refractivity contribution in [2.24, 2.45) is 0 Å². The number of benzene rings is 4. The lowest BCUT2D eigenvalue weighted by atomic mass is 9.99. The molecule has 1 heterocycles. The van der Waals surface area contributed by atoms with Crippen LogP contribution < -0.4 is 5.32 Å². The van der Waals surface area contributed by atoms with Crippen LogP contribution in [0.1, 0.15) is 35.7 Å². The first kappa shape index (κ1) is 22.7. The second-order valence-corrected chi connectivity index (χ2v) is 9.63. The fraction of sp³-hybridized carbons (Fsp3) is 0.138. The Morgan fingerprint density at radius 1 is 0.914 bits per heavy atom. The lowest BCUT2D eigenvalue weighted by Gasteiger charge is -2.11. The number of ether oxygens (including phenoxy) is 1. The molecule has 5 rings (SSSR count). The van der Waals surface area contributed by atoms with Gasteiger partial charge in [0.1, 0.15) is 5.01 Å². The molecule has 0 saturated carbocycles. The normalized spacial score (nSPS) is 11.2. The van der Waals surface area contributed by atoms with Crippen LogP contribution in [0.4, 0.5) is 5.69 Å². The first-order chi connectivity index (χ1) is 17.0. The van der Waals surface area contributed by atoms with Crippen molar-refractivity contribution < 1.29 is 14.3 Å². The Bertz CT molecular complexity index is 1500. The first-order valence-corrected chi connectivity index (χ1v) is 12.3. The molecule has 1 amide bonds. The van der Waals surface area contributed by atoms with E-state index < -0.39 is 5.97 Å². The highest BCUT2D eigenvalue weighted by Crippen LogP contribution is 2.36. The van der Waals surface area contributed by atoms with E-state index in [1.54, 1.807) is 17.4 Å². The Hall–Kier alpha value is -4.03. The predicted octanol–water partition coefficient (Wildman–Crippen LogP) is 7.04. The van der Waals surface area contributed by atoms with Crippen molar-refractivity contribution in [3.63, 3.8) is 0 Å². The first-order valence-electron chi connectivity index (χ1n) is 11.4. The summed E-state index contributed by atoms with van der Waals surface area (Å²) >= 11 is 1.58. The van der Waals surface area contributed by atoms with Crippen LogP contribution >= 0.6 is 11.3 Å². The number of thiazole rings is 1. The standard InChI is InChI=1S/C29H24N2O3S/c1-18(2)19-13-15-21(16-14-19)30-26(32)17-34-29(33)23-10-6-8-20-7-5-9-22(27(20)23)28-31-24-11-3-4-12-25(24)35-28/h3-16,18H,17H2,1-2H3,(H,30,32). The largest absolute Gasteiger partial charge is 0.452 e. The highest BCUT2D eigenvalue weighted by atomic mass is 32.1. The van der Waals surface area contributed by atoms with Crippen LogP contribution in [0, 0.1) is 0 Å². The van der Waals surface area contributed by atoms with Gasteiger partial charge in [0.05, 0.1) is 15.8 Å². The number of nitrogens with one attached hydrogen (secondary N) is 1. The van der Waals surface area contributed by atoms with E-state index in [1.165, 1.54) is 5.56 Å². The summed E-state index contributed by atoms with van der Waals surface area (Å²) in [5.74, 6) is -0.522. The van der Waals surface area contributed by atoms with Crippen LogP contribution in [-0.2, 0) is 9.53 Å². The second-order valence-electron chi connectivity index (χ2n) is 8.60. The summed E-state index contributed by atoms with van der Waals surface area (Å²) < 4.78 is 6.50. The number of esters is 1. The highest BCUT2D eigenvalue weighted by Gasteiger charge is 2.18. The molecule has 1 N–H and O–H groups in total. The molecule has 174 valence electrons. The molecule has 5 nitrogen and oxygen atoms in total. The van der Waals surface area contributed by atoms with Gasteiger partial charge in [-0.15, -0.1) is 11.3 Å². The van der Waals surface area contributed by atoms with Crippen LogP contribution in [0.5, 0.6) is 0 Å². The van der Waals surface area contributed by atoms with Crippen molar-refractivity contribution in [1.29, 1.82) is 0 Å². The maximum Gasteiger partial charge on any atom is 0.339 e. The van der Waals surface area contributed by atoms with Crippen LogP contribution in [-0.4, -0.2) is 23.5 Å². The zero-order valence-electron chi connectivity index (χ0n) is 19.4. The molecule has 5 aromatic rings. The topological polar surface area (TPSA) is 68.3 Å². The smallest absolute Gasteiger partial charge is 0.339 e. The van der Waals surface area contributed by atoms with Gasteiger partial charge >= 0.3 is 5.97 Å². The van der Waals surface area contributed by atoms with Gasteiger partial charge < -0.3 is 10.1 Å². The summed E-state index contributed by atoms with van der Waals surface area (Å²) in [5, 5.41) is 5.29. The van der Waals surface area contributed by atoms with E-state index in [1.807, 2.05) is 78.9 Å². The lowest BCUT2D eigenvalue weighted by molar-refractivity contribution is -0.119.